The molecular weight excluding hydrogens is 440 g/mol. The third kappa shape index (κ3) is 5.82. The van der Waals surface area contributed by atoms with E-state index in [1.165, 1.54) is 5.56 Å². The highest BCUT2D eigenvalue weighted by Gasteiger charge is 2.16. The molecule has 1 aliphatic heterocycles. The number of hydrogen-bond donors (Lipinski definition) is 3. The fourth-order valence-electron chi connectivity index (χ4n) is 4.53. The highest BCUT2D eigenvalue weighted by molar-refractivity contribution is 5.89. The third-order valence-electron chi connectivity index (χ3n) is 6.43. The number of nitrogens with two attached hydrogens (primary N) is 1. The molecular formula is C26H32N8O. The van der Waals surface area contributed by atoms with Crippen molar-refractivity contribution in [2.75, 3.05) is 51.3 Å². The standard InChI is InChI=1S/C26H32N8O/c27-10-9-20(19-5-2-1-3-6-19)17-21-7-4-8-23(30-21)24-22-18-29-26(31-25(22)33-32-24)28-11-12-34-13-15-35-16-14-34/h1-8,18,20H,9-17,27H2,(H2,28,29,31,32,33). The number of pyridine rings is 1. The topological polar surface area (TPSA) is 118 Å². The molecule has 1 atom stereocenters. The summed E-state index contributed by atoms with van der Waals surface area (Å²) in [4.78, 5) is 16.4. The molecule has 0 spiro atoms. The molecule has 0 amide bonds. The number of morpholine rings is 1. The van der Waals surface area contributed by atoms with Crippen molar-refractivity contribution in [3.8, 4) is 11.4 Å². The van der Waals surface area contributed by atoms with Crippen molar-refractivity contribution in [2.45, 2.75) is 18.8 Å². The van der Waals surface area contributed by atoms with Crippen LogP contribution >= 0.6 is 0 Å². The molecule has 0 aliphatic carbocycles. The van der Waals surface area contributed by atoms with Gasteiger partial charge in [-0.05, 0) is 43.0 Å². The average Bonchev–Trinajstić information content (AvgIpc) is 3.33. The van der Waals surface area contributed by atoms with E-state index < -0.39 is 0 Å². The Morgan fingerprint density at radius 2 is 1.91 bits per heavy atom. The molecule has 0 bridgehead atoms. The molecule has 5 rings (SSSR count). The van der Waals surface area contributed by atoms with E-state index >= 15 is 0 Å². The van der Waals surface area contributed by atoms with E-state index in [4.69, 9.17) is 15.5 Å². The summed E-state index contributed by atoms with van der Waals surface area (Å²) in [6.45, 7) is 5.88. The van der Waals surface area contributed by atoms with Crippen LogP contribution in [0.4, 0.5) is 5.95 Å². The molecule has 4 heterocycles. The van der Waals surface area contributed by atoms with Crippen LogP contribution in [0.3, 0.4) is 0 Å². The molecule has 1 aliphatic rings. The van der Waals surface area contributed by atoms with Gasteiger partial charge in [0.1, 0.15) is 0 Å². The lowest BCUT2D eigenvalue weighted by atomic mass is 9.91. The Morgan fingerprint density at radius 1 is 1.06 bits per heavy atom. The van der Waals surface area contributed by atoms with Gasteiger partial charge in [-0.3, -0.25) is 15.0 Å². The Morgan fingerprint density at radius 3 is 2.74 bits per heavy atom. The zero-order valence-corrected chi connectivity index (χ0v) is 19.9. The number of anilines is 1. The number of benzene rings is 1. The molecule has 1 fully saturated rings. The lowest BCUT2D eigenvalue weighted by Gasteiger charge is -2.26. The Balaban J connectivity index is 1.29. The number of H-pyrrole nitrogens is 1. The lowest BCUT2D eigenvalue weighted by molar-refractivity contribution is 0.0398. The van der Waals surface area contributed by atoms with Gasteiger partial charge in [0.2, 0.25) is 5.95 Å². The fraction of sp³-hybridized carbons (Fsp3) is 0.385. The van der Waals surface area contributed by atoms with Gasteiger partial charge < -0.3 is 15.8 Å². The number of rotatable bonds is 10. The highest BCUT2D eigenvalue weighted by Crippen LogP contribution is 2.27. The summed E-state index contributed by atoms with van der Waals surface area (Å²) in [5.74, 6) is 0.912. The van der Waals surface area contributed by atoms with Crippen molar-refractivity contribution in [3.05, 3.63) is 66.0 Å². The largest absolute Gasteiger partial charge is 0.379 e. The van der Waals surface area contributed by atoms with Crippen LogP contribution in [0, 0.1) is 0 Å². The minimum absolute atomic E-state index is 0.330. The smallest absolute Gasteiger partial charge is 0.224 e. The van der Waals surface area contributed by atoms with Crippen LogP contribution < -0.4 is 11.1 Å². The van der Waals surface area contributed by atoms with Crippen molar-refractivity contribution >= 4 is 17.0 Å². The molecule has 0 saturated carbocycles. The second kappa shape index (κ2) is 11.4. The second-order valence-corrected chi connectivity index (χ2v) is 8.81. The number of hydrogen-bond acceptors (Lipinski definition) is 8. The number of nitrogens with one attached hydrogen (secondary N) is 2. The van der Waals surface area contributed by atoms with E-state index in [1.54, 1.807) is 0 Å². The molecule has 9 nitrogen and oxygen atoms in total. The maximum atomic E-state index is 5.91. The van der Waals surface area contributed by atoms with Gasteiger partial charge in [-0.15, -0.1) is 0 Å². The number of fused-ring (bicyclic) bond motifs is 1. The van der Waals surface area contributed by atoms with Crippen LogP contribution in [0.1, 0.15) is 23.6 Å². The van der Waals surface area contributed by atoms with Gasteiger partial charge in [-0.25, -0.2) is 4.98 Å². The number of ether oxygens (including phenoxy) is 1. The molecule has 4 aromatic rings. The quantitative estimate of drug-likeness (QED) is 0.323. The van der Waals surface area contributed by atoms with Crippen LogP contribution in [0.15, 0.2) is 54.7 Å². The monoisotopic (exact) mass is 472 g/mol. The SMILES string of the molecule is NCCC(Cc1cccc(-c2[nH]nc3nc(NCCN4CCOCC4)ncc23)n1)c1ccccc1. The van der Waals surface area contributed by atoms with Crippen molar-refractivity contribution in [2.24, 2.45) is 5.73 Å². The van der Waals surface area contributed by atoms with E-state index in [1.807, 2.05) is 24.4 Å². The summed E-state index contributed by atoms with van der Waals surface area (Å²) >= 11 is 0. The lowest BCUT2D eigenvalue weighted by Crippen LogP contribution is -2.39. The minimum atomic E-state index is 0.330. The van der Waals surface area contributed by atoms with Gasteiger partial charge in [0.05, 0.1) is 30.0 Å². The zero-order valence-electron chi connectivity index (χ0n) is 19.9. The predicted octanol–water partition coefficient (Wildman–Crippen LogP) is 2.83. The summed E-state index contributed by atoms with van der Waals surface area (Å²) in [7, 11) is 0. The number of nitrogens with zero attached hydrogens (tertiary/aromatic N) is 5. The van der Waals surface area contributed by atoms with Crippen molar-refractivity contribution in [1.82, 2.24) is 30.0 Å². The van der Waals surface area contributed by atoms with Crippen LogP contribution in [0.5, 0.6) is 0 Å². The normalized spacial score (nSPS) is 15.3. The van der Waals surface area contributed by atoms with Gasteiger partial charge in [0.25, 0.3) is 0 Å². The maximum absolute atomic E-state index is 5.91. The van der Waals surface area contributed by atoms with E-state index in [2.05, 4.69) is 60.7 Å². The first kappa shape index (κ1) is 23.3. The van der Waals surface area contributed by atoms with Gasteiger partial charge >= 0.3 is 0 Å². The third-order valence-corrected chi connectivity index (χ3v) is 6.43. The first-order valence-corrected chi connectivity index (χ1v) is 12.3. The first-order valence-electron chi connectivity index (χ1n) is 12.3. The van der Waals surface area contributed by atoms with Gasteiger partial charge in [-0.2, -0.15) is 10.1 Å². The summed E-state index contributed by atoms with van der Waals surface area (Å²) < 4.78 is 5.40. The maximum Gasteiger partial charge on any atom is 0.224 e. The molecule has 4 N–H and O–H groups in total. The van der Waals surface area contributed by atoms with Gasteiger partial charge in [0, 0.05) is 38.1 Å². The molecule has 1 aromatic carbocycles. The number of aromatic amines is 1. The van der Waals surface area contributed by atoms with Crippen LogP contribution in [-0.4, -0.2) is 76.0 Å². The van der Waals surface area contributed by atoms with Crippen LogP contribution in [0.2, 0.25) is 0 Å². The molecule has 35 heavy (non-hydrogen) atoms. The van der Waals surface area contributed by atoms with Crippen LogP contribution in [-0.2, 0) is 11.2 Å². The summed E-state index contributed by atoms with van der Waals surface area (Å²) in [6, 6.07) is 16.6. The molecule has 0 radical (unpaired) electrons. The average molecular weight is 473 g/mol. The van der Waals surface area contributed by atoms with E-state index in [-0.39, 0.29) is 0 Å². The zero-order chi connectivity index (χ0) is 23.9. The molecule has 3 aromatic heterocycles. The number of aromatic nitrogens is 5. The van der Waals surface area contributed by atoms with Gasteiger partial charge in [0.15, 0.2) is 5.65 Å². The van der Waals surface area contributed by atoms with Crippen molar-refractivity contribution in [3.63, 3.8) is 0 Å². The molecule has 1 unspecified atom stereocenters. The Bertz CT molecular complexity index is 1220. The van der Waals surface area contributed by atoms with Crippen molar-refractivity contribution in [1.29, 1.82) is 0 Å². The highest BCUT2D eigenvalue weighted by atomic mass is 16.5. The second-order valence-electron chi connectivity index (χ2n) is 8.81. The van der Waals surface area contributed by atoms with E-state index in [0.717, 1.165) is 74.7 Å². The van der Waals surface area contributed by atoms with Crippen molar-refractivity contribution < 1.29 is 4.74 Å². The molecule has 9 heteroatoms. The Hall–Kier alpha value is -3.40. The molecule has 182 valence electrons. The van der Waals surface area contributed by atoms with Crippen LogP contribution in [0.25, 0.3) is 22.4 Å². The summed E-state index contributed by atoms with van der Waals surface area (Å²) in [6.07, 6.45) is 3.56. The fourth-order valence-corrected chi connectivity index (χ4v) is 4.53. The van der Waals surface area contributed by atoms with E-state index in [9.17, 15) is 0 Å². The Kier molecular flexibility index (Phi) is 7.57. The first-order chi connectivity index (χ1) is 17.3. The summed E-state index contributed by atoms with van der Waals surface area (Å²) in [5, 5.41) is 11.7. The van der Waals surface area contributed by atoms with Gasteiger partial charge in [-0.1, -0.05) is 36.4 Å². The predicted molar refractivity (Wildman–Crippen MR) is 137 cm³/mol. The van der Waals surface area contributed by atoms with E-state index in [0.29, 0.717) is 24.1 Å². The Labute approximate surface area is 205 Å². The molecule has 1 saturated heterocycles. The summed E-state index contributed by atoms with van der Waals surface area (Å²) in [5.41, 5.74) is 10.5. The minimum Gasteiger partial charge on any atom is -0.379 e.